The van der Waals surface area contributed by atoms with E-state index in [0.717, 1.165) is 4.88 Å². The lowest BCUT2D eigenvalue weighted by atomic mass is 10.2. The Morgan fingerprint density at radius 3 is 2.72 bits per heavy atom. The molecular weight excluding hydrogens is 248 g/mol. The molecule has 96 valence electrons. The zero-order valence-electron chi connectivity index (χ0n) is 10.6. The van der Waals surface area contributed by atoms with Crippen LogP contribution in [0.5, 0.6) is 0 Å². The molecule has 0 atom stereocenters. The van der Waals surface area contributed by atoms with E-state index in [-0.39, 0.29) is 11.6 Å². The van der Waals surface area contributed by atoms with Gasteiger partial charge in [-0.1, -0.05) is 0 Å². The Bertz CT molecular complexity index is 565. The standard InChI is InChI=1S/C12H16N4OS/c1-6-4-9(18-8(6)3)5-14-12(17)11-10(13)7(2)15-16-11/h4H,5,13H2,1-3H3,(H,14,17)(H,15,16). The molecule has 18 heavy (non-hydrogen) atoms. The van der Waals surface area contributed by atoms with Crippen molar-refractivity contribution in [2.24, 2.45) is 0 Å². The number of nitrogen functional groups attached to an aromatic ring is 1. The minimum Gasteiger partial charge on any atom is -0.395 e. The molecule has 0 spiro atoms. The number of thiophene rings is 1. The molecule has 0 radical (unpaired) electrons. The van der Waals surface area contributed by atoms with Gasteiger partial charge in [0, 0.05) is 9.75 Å². The fourth-order valence-electron chi connectivity index (χ4n) is 1.60. The Morgan fingerprint density at radius 1 is 1.50 bits per heavy atom. The summed E-state index contributed by atoms with van der Waals surface area (Å²) >= 11 is 1.69. The Balaban J connectivity index is 2.02. The average molecular weight is 264 g/mol. The lowest BCUT2D eigenvalue weighted by molar-refractivity contribution is 0.0947. The van der Waals surface area contributed by atoms with Crippen LogP contribution >= 0.6 is 11.3 Å². The number of carbonyl (C=O) groups excluding carboxylic acids is 1. The van der Waals surface area contributed by atoms with E-state index < -0.39 is 0 Å². The van der Waals surface area contributed by atoms with Crippen molar-refractivity contribution in [3.63, 3.8) is 0 Å². The molecule has 4 N–H and O–H groups in total. The fraction of sp³-hybridized carbons (Fsp3) is 0.333. The highest BCUT2D eigenvalue weighted by Crippen LogP contribution is 2.20. The Labute approximate surface area is 109 Å². The van der Waals surface area contributed by atoms with E-state index in [9.17, 15) is 4.79 Å². The maximum absolute atomic E-state index is 11.9. The lowest BCUT2D eigenvalue weighted by Crippen LogP contribution is -2.23. The molecule has 0 aromatic carbocycles. The van der Waals surface area contributed by atoms with Crippen molar-refractivity contribution in [2.75, 3.05) is 5.73 Å². The average Bonchev–Trinajstić information content (AvgIpc) is 2.82. The smallest absolute Gasteiger partial charge is 0.274 e. The van der Waals surface area contributed by atoms with E-state index in [4.69, 9.17) is 5.73 Å². The van der Waals surface area contributed by atoms with Crippen LogP contribution in [-0.4, -0.2) is 16.1 Å². The molecule has 6 heteroatoms. The second-order valence-electron chi connectivity index (χ2n) is 4.25. The summed E-state index contributed by atoms with van der Waals surface area (Å²) in [6.07, 6.45) is 0. The van der Waals surface area contributed by atoms with E-state index in [1.54, 1.807) is 18.3 Å². The SMILES string of the molecule is Cc1cc(CNC(=O)c2n[nH]c(C)c2N)sc1C. The molecule has 0 aliphatic rings. The third-order valence-electron chi connectivity index (χ3n) is 2.85. The number of aromatic nitrogens is 2. The van der Waals surface area contributed by atoms with Gasteiger partial charge in [-0.05, 0) is 32.4 Å². The molecule has 5 nitrogen and oxygen atoms in total. The van der Waals surface area contributed by atoms with Gasteiger partial charge in [-0.15, -0.1) is 11.3 Å². The third-order valence-corrected chi connectivity index (χ3v) is 4.00. The number of H-pyrrole nitrogens is 1. The molecule has 0 bridgehead atoms. The molecular formula is C12H16N4OS. The van der Waals surface area contributed by atoms with Gasteiger partial charge in [0.1, 0.15) is 0 Å². The highest BCUT2D eigenvalue weighted by atomic mass is 32.1. The number of hydrogen-bond acceptors (Lipinski definition) is 4. The topological polar surface area (TPSA) is 83.8 Å². The summed E-state index contributed by atoms with van der Waals surface area (Å²) in [4.78, 5) is 14.3. The van der Waals surface area contributed by atoms with Gasteiger partial charge in [0.25, 0.3) is 5.91 Å². The van der Waals surface area contributed by atoms with Gasteiger partial charge in [-0.25, -0.2) is 0 Å². The zero-order chi connectivity index (χ0) is 13.3. The van der Waals surface area contributed by atoms with E-state index in [1.165, 1.54) is 10.4 Å². The Morgan fingerprint density at radius 2 is 2.22 bits per heavy atom. The van der Waals surface area contributed by atoms with Crippen LogP contribution in [-0.2, 0) is 6.54 Å². The normalized spacial score (nSPS) is 10.6. The molecule has 0 unspecified atom stereocenters. The molecule has 0 aliphatic carbocycles. The van der Waals surface area contributed by atoms with Crippen molar-refractivity contribution >= 4 is 22.9 Å². The maximum atomic E-state index is 11.9. The van der Waals surface area contributed by atoms with Crippen LogP contribution in [0.1, 0.15) is 31.5 Å². The predicted molar refractivity (Wildman–Crippen MR) is 72.7 cm³/mol. The molecule has 0 fully saturated rings. The largest absolute Gasteiger partial charge is 0.395 e. The fourth-order valence-corrected chi connectivity index (χ4v) is 2.59. The number of carbonyl (C=O) groups is 1. The van der Waals surface area contributed by atoms with Gasteiger partial charge in [0.05, 0.1) is 17.9 Å². The Kier molecular flexibility index (Phi) is 3.38. The van der Waals surface area contributed by atoms with Gasteiger partial charge in [0.2, 0.25) is 0 Å². The molecule has 0 saturated carbocycles. The second kappa shape index (κ2) is 4.81. The lowest BCUT2D eigenvalue weighted by Gasteiger charge is -2.01. The number of nitrogens with two attached hydrogens (primary N) is 1. The van der Waals surface area contributed by atoms with Gasteiger partial charge in [-0.3, -0.25) is 9.89 Å². The number of amides is 1. The van der Waals surface area contributed by atoms with Crippen molar-refractivity contribution in [3.8, 4) is 0 Å². The highest BCUT2D eigenvalue weighted by Gasteiger charge is 2.15. The summed E-state index contributed by atoms with van der Waals surface area (Å²) in [6.45, 7) is 6.42. The number of nitrogens with one attached hydrogen (secondary N) is 2. The first-order chi connectivity index (χ1) is 8.49. The number of rotatable bonds is 3. The summed E-state index contributed by atoms with van der Waals surface area (Å²) in [7, 11) is 0. The van der Waals surface area contributed by atoms with Gasteiger partial charge in [-0.2, -0.15) is 5.10 Å². The van der Waals surface area contributed by atoms with E-state index in [1.807, 2.05) is 0 Å². The summed E-state index contributed by atoms with van der Waals surface area (Å²) < 4.78 is 0. The first-order valence-corrected chi connectivity index (χ1v) is 6.45. The van der Waals surface area contributed by atoms with E-state index in [2.05, 4.69) is 35.4 Å². The monoisotopic (exact) mass is 264 g/mol. The minimum atomic E-state index is -0.249. The van der Waals surface area contributed by atoms with Crippen LogP contribution in [0.15, 0.2) is 6.07 Å². The first-order valence-electron chi connectivity index (χ1n) is 5.63. The minimum absolute atomic E-state index is 0.249. The second-order valence-corrected chi connectivity index (χ2v) is 5.59. The molecule has 2 aromatic rings. The number of nitrogens with zero attached hydrogens (tertiary/aromatic N) is 1. The van der Waals surface area contributed by atoms with Crippen LogP contribution < -0.4 is 11.1 Å². The zero-order valence-corrected chi connectivity index (χ0v) is 11.4. The van der Waals surface area contributed by atoms with Crippen molar-refractivity contribution in [1.29, 1.82) is 0 Å². The predicted octanol–water partition coefficient (Wildman–Crippen LogP) is 1.91. The van der Waals surface area contributed by atoms with Gasteiger partial charge >= 0.3 is 0 Å². The quantitative estimate of drug-likeness (QED) is 0.791. The number of aromatic amines is 1. The van der Waals surface area contributed by atoms with Gasteiger partial charge < -0.3 is 11.1 Å². The van der Waals surface area contributed by atoms with E-state index >= 15 is 0 Å². The molecule has 2 rings (SSSR count). The van der Waals surface area contributed by atoms with Gasteiger partial charge in [0.15, 0.2) is 5.69 Å². The number of anilines is 1. The molecule has 2 heterocycles. The molecule has 0 aliphatic heterocycles. The van der Waals surface area contributed by atoms with Crippen LogP contribution in [0.4, 0.5) is 5.69 Å². The van der Waals surface area contributed by atoms with Crippen molar-refractivity contribution < 1.29 is 4.79 Å². The van der Waals surface area contributed by atoms with Crippen LogP contribution in [0.3, 0.4) is 0 Å². The summed E-state index contributed by atoms with van der Waals surface area (Å²) in [5, 5.41) is 9.41. The molecule has 0 saturated heterocycles. The van der Waals surface area contributed by atoms with E-state index in [0.29, 0.717) is 17.9 Å². The van der Waals surface area contributed by atoms with Crippen LogP contribution in [0.25, 0.3) is 0 Å². The van der Waals surface area contributed by atoms with Crippen molar-refractivity contribution in [2.45, 2.75) is 27.3 Å². The number of aryl methyl sites for hydroxylation is 3. The summed E-state index contributed by atoms with van der Waals surface area (Å²) in [5.41, 5.74) is 8.38. The van der Waals surface area contributed by atoms with Crippen LogP contribution in [0.2, 0.25) is 0 Å². The summed E-state index contributed by atoms with van der Waals surface area (Å²) in [5.74, 6) is -0.249. The molecule has 1 amide bonds. The Hall–Kier alpha value is -1.82. The highest BCUT2D eigenvalue weighted by molar-refractivity contribution is 7.12. The summed E-state index contributed by atoms with van der Waals surface area (Å²) in [6, 6.07) is 2.08. The third kappa shape index (κ3) is 2.38. The van der Waals surface area contributed by atoms with Crippen molar-refractivity contribution in [1.82, 2.24) is 15.5 Å². The van der Waals surface area contributed by atoms with Crippen molar-refractivity contribution in [3.05, 3.63) is 32.8 Å². The molecule has 2 aromatic heterocycles. The first kappa shape index (κ1) is 12.6. The maximum Gasteiger partial charge on any atom is 0.274 e. The number of hydrogen-bond donors (Lipinski definition) is 3. The van der Waals surface area contributed by atoms with Crippen LogP contribution in [0, 0.1) is 20.8 Å².